The molecule has 0 aliphatic carbocycles. The van der Waals surface area contributed by atoms with Crippen molar-refractivity contribution >= 4 is 58.1 Å². The summed E-state index contributed by atoms with van der Waals surface area (Å²) in [5.41, 5.74) is 4.17. The molecule has 158 valence electrons. The fourth-order valence-corrected chi connectivity index (χ4v) is 10.8. The summed E-state index contributed by atoms with van der Waals surface area (Å²) in [5.74, 6) is 0. The van der Waals surface area contributed by atoms with Crippen LogP contribution >= 0.6 is 0 Å². The van der Waals surface area contributed by atoms with Crippen LogP contribution in [0.3, 0.4) is 0 Å². The summed E-state index contributed by atoms with van der Waals surface area (Å²) in [4.78, 5) is 10.0. The maximum absolute atomic E-state index is 5.12. The summed E-state index contributed by atoms with van der Waals surface area (Å²) in [6.45, 7) is 13.8. The summed E-state index contributed by atoms with van der Waals surface area (Å²) < 4.78 is 5.71. The minimum absolute atomic E-state index is 0.0774. The predicted molar refractivity (Wildman–Crippen MR) is 136 cm³/mol. The van der Waals surface area contributed by atoms with Gasteiger partial charge in [0.1, 0.15) is 0 Å². The molecular weight excluding hydrogens is 510 g/mol. The van der Waals surface area contributed by atoms with Gasteiger partial charge in [-0.1, -0.05) is 0 Å². The molecular formula is C27H28N2Se2. The van der Waals surface area contributed by atoms with Crippen LogP contribution in [0, 0.1) is 5.41 Å². The third-order valence-electron chi connectivity index (χ3n) is 5.61. The van der Waals surface area contributed by atoms with Crippen molar-refractivity contribution in [2.75, 3.05) is 0 Å². The summed E-state index contributed by atoms with van der Waals surface area (Å²) >= 11 is 0.595. The molecule has 0 radical (unpaired) electrons. The molecule has 31 heavy (non-hydrogen) atoms. The van der Waals surface area contributed by atoms with Crippen molar-refractivity contribution in [1.82, 2.24) is 9.97 Å². The fourth-order valence-electron chi connectivity index (χ4n) is 4.22. The Hall–Kier alpha value is -1.70. The number of hydrogen-bond acceptors (Lipinski definition) is 2. The Balaban J connectivity index is 1.72. The molecule has 3 heterocycles. The molecule has 0 unspecified atom stereocenters. The molecule has 0 saturated carbocycles. The molecule has 3 aromatic heterocycles. The van der Waals surface area contributed by atoms with Gasteiger partial charge < -0.3 is 0 Å². The van der Waals surface area contributed by atoms with Crippen LogP contribution in [0.4, 0.5) is 0 Å². The van der Waals surface area contributed by atoms with Crippen molar-refractivity contribution in [1.29, 1.82) is 0 Å². The molecule has 0 bridgehead atoms. The first-order valence-electron chi connectivity index (χ1n) is 10.8. The number of benzene rings is 2. The Morgan fingerprint density at radius 2 is 1.61 bits per heavy atom. The second kappa shape index (κ2) is 7.42. The molecule has 0 spiro atoms. The Bertz CT molecular complexity index is 1430. The van der Waals surface area contributed by atoms with E-state index in [1.54, 1.807) is 0 Å². The van der Waals surface area contributed by atoms with Gasteiger partial charge >= 0.3 is 197 Å². The molecule has 2 aromatic carbocycles. The van der Waals surface area contributed by atoms with Crippen molar-refractivity contribution in [3.05, 3.63) is 58.8 Å². The number of aromatic nitrogens is 2. The standard InChI is InChI=1S/C27H28N2Se2/c1-26(2,3)15-21-29-25-24(30-21)19-11-12-28-22(23(19)31-25)17-13-16-9-7-8-10-18(16)20(14-17)27(4,5)6/h7-14H,15H2,1-6H3. The molecule has 0 aliphatic heterocycles. The molecule has 4 heteroatoms. The van der Waals surface area contributed by atoms with Crippen LogP contribution in [0.25, 0.3) is 40.3 Å². The summed E-state index contributed by atoms with van der Waals surface area (Å²) in [7, 11) is 0. The Morgan fingerprint density at radius 3 is 2.35 bits per heavy atom. The second-order valence-electron chi connectivity index (χ2n) is 10.6. The molecule has 2 nitrogen and oxygen atoms in total. The van der Waals surface area contributed by atoms with Gasteiger partial charge in [-0.2, -0.15) is 0 Å². The van der Waals surface area contributed by atoms with Crippen molar-refractivity contribution in [2.24, 2.45) is 5.41 Å². The second-order valence-corrected chi connectivity index (χ2v) is 15.0. The van der Waals surface area contributed by atoms with E-state index in [1.807, 2.05) is 6.20 Å². The van der Waals surface area contributed by atoms with Gasteiger partial charge in [0.15, 0.2) is 0 Å². The molecule has 0 fully saturated rings. The van der Waals surface area contributed by atoms with E-state index in [0.717, 1.165) is 12.1 Å². The van der Waals surface area contributed by atoms with Crippen molar-refractivity contribution in [3.63, 3.8) is 0 Å². The van der Waals surface area contributed by atoms with Crippen LogP contribution in [0.5, 0.6) is 0 Å². The van der Waals surface area contributed by atoms with Gasteiger partial charge in [0.05, 0.1) is 0 Å². The number of fused-ring (bicyclic) bond motifs is 4. The average Bonchev–Trinajstić information content (AvgIpc) is 3.21. The normalized spacial score (nSPS) is 13.0. The molecule has 0 N–H and O–H groups in total. The molecule has 0 amide bonds. The number of rotatable bonds is 2. The van der Waals surface area contributed by atoms with Gasteiger partial charge in [-0.05, 0) is 0 Å². The van der Waals surface area contributed by atoms with E-state index in [-0.39, 0.29) is 19.9 Å². The Morgan fingerprint density at radius 1 is 0.839 bits per heavy atom. The predicted octanol–water partition coefficient (Wildman–Crippen LogP) is 6.60. The van der Waals surface area contributed by atoms with E-state index < -0.39 is 0 Å². The van der Waals surface area contributed by atoms with E-state index in [1.165, 1.54) is 44.8 Å². The van der Waals surface area contributed by atoms with E-state index in [4.69, 9.17) is 9.97 Å². The topological polar surface area (TPSA) is 25.8 Å². The fraction of sp³-hybridized carbons (Fsp3) is 0.333. The average molecular weight is 538 g/mol. The maximum atomic E-state index is 5.12. The van der Waals surface area contributed by atoms with Gasteiger partial charge in [-0.3, -0.25) is 0 Å². The zero-order valence-electron chi connectivity index (χ0n) is 19.0. The van der Waals surface area contributed by atoms with Gasteiger partial charge in [0.25, 0.3) is 0 Å². The van der Waals surface area contributed by atoms with Crippen molar-refractivity contribution < 1.29 is 0 Å². The number of pyridine rings is 1. The summed E-state index contributed by atoms with van der Waals surface area (Å²) in [6.07, 6.45) is 3.10. The van der Waals surface area contributed by atoms with Crippen LogP contribution < -0.4 is 0 Å². The van der Waals surface area contributed by atoms with E-state index in [0.29, 0.717) is 19.9 Å². The molecule has 0 saturated heterocycles. The number of hydrogen-bond donors (Lipinski definition) is 0. The van der Waals surface area contributed by atoms with Gasteiger partial charge in [0.2, 0.25) is 0 Å². The zero-order valence-corrected chi connectivity index (χ0v) is 22.5. The minimum atomic E-state index is 0.0774. The SMILES string of the molecule is CC(C)(C)Cc1nc2[se]c3c(-c4cc(C(C)(C)C)c5ccccc5c4)nccc3c2[se]1. The van der Waals surface area contributed by atoms with Crippen LogP contribution in [-0.2, 0) is 11.8 Å². The van der Waals surface area contributed by atoms with E-state index >= 15 is 0 Å². The van der Waals surface area contributed by atoms with Crippen molar-refractivity contribution in [3.8, 4) is 11.3 Å². The third-order valence-corrected chi connectivity index (χ3v) is 10.9. The van der Waals surface area contributed by atoms with Crippen LogP contribution in [-0.4, -0.2) is 39.0 Å². The third kappa shape index (κ3) is 3.96. The van der Waals surface area contributed by atoms with Crippen LogP contribution in [0.2, 0.25) is 0 Å². The number of nitrogens with zero attached hydrogens (tertiary/aromatic N) is 2. The van der Waals surface area contributed by atoms with E-state index in [2.05, 4.69) is 84.0 Å². The monoisotopic (exact) mass is 540 g/mol. The quantitative estimate of drug-likeness (QED) is 0.237. The van der Waals surface area contributed by atoms with Crippen LogP contribution in [0.1, 0.15) is 51.7 Å². The first-order valence-corrected chi connectivity index (χ1v) is 14.2. The Labute approximate surface area is 196 Å². The zero-order chi connectivity index (χ0) is 22.0. The molecule has 0 aliphatic rings. The van der Waals surface area contributed by atoms with Crippen molar-refractivity contribution in [2.45, 2.75) is 53.4 Å². The van der Waals surface area contributed by atoms with Gasteiger partial charge in [-0.15, -0.1) is 0 Å². The van der Waals surface area contributed by atoms with Crippen LogP contribution in [0.15, 0.2) is 48.7 Å². The first-order chi connectivity index (χ1) is 14.6. The van der Waals surface area contributed by atoms with E-state index in [9.17, 15) is 0 Å². The molecule has 5 rings (SSSR count). The van der Waals surface area contributed by atoms with Gasteiger partial charge in [-0.25, -0.2) is 0 Å². The Kier molecular flexibility index (Phi) is 5.07. The summed E-state index contributed by atoms with van der Waals surface area (Å²) in [5, 5.41) is 4.06. The molecule has 0 atom stereocenters. The van der Waals surface area contributed by atoms with Gasteiger partial charge in [0, 0.05) is 0 Å². The first kappa shape index (κ1) is 21.2. The summed E-state index contributed by atoms with van der Waals surface area (Å²) in [6, 6.07) is 15.7. The molecule has 5 aromatic rings.